The van der Waals surface area contributed by atoms with E-state index in [4.69, 9.17) is 0 Å². The first-order chi connectivity index (χ1) is 11.5. The fraction of sp³-hybridized carbons (Fsp3) is 0.444. The molecule has 1 aliphatic rings. The second-order valence-electron chi connectivity index (χ2n) is 6.04. The maximum Gasteiger partial charge on any atom is 0.224 e. The van der Waals surface area contributed by atoms with Crippen LogP contribution < -0.4 is 10.2 Å². The molecule has 2 unspecified atom stereocenters. The number of hydrogen-bond donors (Lipinski definition) is 1. The Morgan fingerprint density at radius 1 is 1.46 bits per heavy atom. The highest BCUT2D eigenvalue weighted by Crippen LogP contribution is 2.42. The van der Waals surface area contributed by atoms with Crippen molar-refractivity contribution in [2.75, 3.05) is 25.0 Å². The maximum atomic E-state index is 12.1. The van der Waals surface area contributed by atoms with Crippen molar-refractivity contribution in [3.8, 4) is 6.07 Å². The molecule has 1 heterocycles. The summed E-state index contributed by atoms with van der Waals surface area (Å²) in [5.74, 6) is 0.373. The Balaban J connectivity index is 2.47. The van der Waals surface area contributed by atoms with Gasteiger partial charge in [-0.15, -0.1) is 0 Å². The summed E-state index contributed by atoms with van der Waals surface area (Å²) in [5.41, 5.74) is 2.45. The second-order valence-corrected chi connectivity index (χ2v) is 6.04. The third-order valence-corrected chi connectivity index (χ3v) is 4.28. The quantitative estimate of drug-likeness (QED) is 0.864. The zero-order valence-electron chi connectivity index (χ0n) is 14.4. The molecule has 1 amide bonds. The van der Waals surface area contributed by atoms with Crippen molar-refractivity contribution in [1.82, 2.24) is 5.32 Å². The Labute approximate surface area is 142 Å². The first-order valence-corrected chi connectivity index (χ1v) is 8.04. The van der Waals surface area contributed by atoms with Gasteiger partial charge in [-0.2, -0.15) is 5.26 Å². The van der Waals surface area contributed by atoms with Crippen LogP contribution in [0.15, 0.2) is 22.1 Å². The number of hydrogen-bond acceptors (Lipinski definition) is 5. The summed E-state index contributed by atoms with van der Waals surface area (Å²) in [7, 11) is 1.67. The molecule has 1 aromatic rings. The number of carbonyl (C=O) groups is 1. The van der Waals surface area contributed by atoms with E-state index in [2.05, 4.69) is 39.9 Å². The molecule has 0 aliphatic carbocycles. The summed E-state index contributed by atoms with van der Waals surface area (Å²) < 4.78 is 0. The number of anilines is 1. The lowest BCUT2D eigenvalue weighted by molar-refractivity contribution is -0.125. The van der Waals surface area contributed by atoms with Crippen LogP contribution in [-0.2, 0) is 4.79 Å². The third kappa shape index (κ3) is 3.46. The average molecular weight is 325 g/mol. The molecule has 0 saturated carbocycles. The fourth-order valence-electron chi connectivity index (χ4n) is 3.27. The van der Waals surface area contributed by atoms with Gasteiger partial charge in [-0.25, -0.2) is 0 Å². The molecular formula is C18H23N5O. The molecule has 1 fully saturated rings. The van der Waals surface area contributed by atoms with Crippen LogP contribution in [0.1, 0.15) is 25.8 Å². The van der Waals surface area contributed by atoms with Gasteiger partial charge in [0.15, 0.2) is 0 Å². The van der Waals surface area contributed by atoms with E-state index in [0.717, 1.165) is 18.7 Å². The number of benzene rings is 1. The summed E-state index contributed by atoms with van der Waals surface area (Å²) in [6, 6.07) is 5.77. The van der Waals surface area contributed by atoms with Crippen molar-refractivity contribution >= 4 is 35.9 Å². The smallest absolute Gasteiger partial charge is 0.224 e. The van der Waals surface area contributed by atoms with E-state index in [1.165, 1.54) is 0 Å². The number of carbonyl (C=O) groups excluding carboxylic acids is 1. The van der Waals surface area contributed by atoms with Gasteiger partial charge in [0.2, 0.25) is 5.91 Å². The van der Waals surface area contributed by atoms with Gasteiger partial charge >= 0.3 is 0 Å². The Hall–Kier alpha value is -2.68. The van der Waals surface area contributed by atoms with Gasteiger partial charge in [0.25, 0.3) is 0 Å². The number of aliphatic imine (C=N–C) groups is 2. The van der Waals surface area contributed by atoms with Gasteiger partial charge in [0.1, 0.15) is 17.4 Å². The minimum Gasteiger partial charge on any atom is -0.369 e. The Kier molecular flexibility index (Phi) is 5.69. The van der Waals surface area contributed by atoms with Crippen LogP contribution in [-0.4, -0.2) is 39.0 Å². The molecule has 0 bridgehead atoms. The molecule has 1 N–H and O–H groups in total. The number of nitrogens with zero attached hydrogens (tertiary/aromatic N) is 4. The first-order valence-electron chi connectivity index (χ1n) is 8.04. The van der Waals surface area contributed by atoms with Crippen LogP contribution in [0.5, 0.6) is 0 Å². The fourth-order valence-corrected chi connectivity index (χ4v) is 3.27. The molecule has 1 aliphatic heterocycles. The van der Waals surface area contributed by atoms with Gasteiger partial charge in [-0.1, -0.05) is 6.92 Å². The van der Waals surface area contributed by atoms with Gasteiger partial charge in [0.05, 0.1) is 17.2 Å². The number of nitriles is 1. The molecule has 24 heavy (non-hydrogen) atoms. The van der Waals surface area contributed by atoms with Crippen LogP contribution in [0.4, 0.5) is 17.1 Å². The lowest BCUT2D eigenvalue weighted by Crippen LogP contribution is -2.45. The van der Waals surface area contributed by atoms with E-state index >= 15 is 0 Å². The summed E-state index contributed by atoms with van der Waals surface area (Å²) in [6.45, 7) is 9.04. The van der Waals surface area contributed by atoms with Crippen molar-refractivity contribution in [2.24, 2.45) is 21.8 Å². The summed E-state index contributed by atoms with van der Waals surface area (Å²) >= 11 is 0. The molecule has 6 heteroatoms. The van der Waals surface area contributed by atoms with Crippen LogP contribution in [0.3, 0.4) is 0 Å². The predicted octanol–water partition coefficient (Wildman–Crippen LogP) is 2.82. The molecule has 2 rings (SSSR count). The Morgan fingerprint density at radius 2 is 2.21 bits per heavy atom. The molecule has 0 radical (unpaired) electrons. The normalized spacial score (nSPS) is 20.7. The van der Waals surface area contributed by atoms with Crippen LogP contribution in [0, 0.1) is 23.2 Å². The third-order valence-electron chi connectivity index (χ3n) is 4.28. The largest absolute Gasteiger partial charge is 0.369 e. The van der Waals surface area contributed by atoms with Crippen LogP contribution in [0.25, 0.3) is 0 Å². The lowest BCUT2D eigenvalue weighted by Gasteiger charge is -2.37. The monoisotopic (exact) mass is 325 g/mol. The minimum atomic E-state index is -0.0646. The van der Waals surface area contributed by atoms with Crippen molar-refractivity contribution < 1.29 is 4.79 Å². The zero-order chi connectivity index (χ0) is 17.7. The molecule has 0 spiro atoms. The minimum absolute atomic E-state index is 0.0557. The topological polar surface area (TPSA) is 80.9 Å². The number of amides is 1. The van der Waals surface area contributed by atoms with Crippen molar-refractivity contribution in [2.45, 2.75) is 20.3 Å². The zero-order valence-corrected chi connectivity index (χ0v) is 14.4. The average Bonchev–Trinajstić information content (AvgIpc) is 2.60. The highest BCUT2D eigenvalue weighted by Gasteiger charge is 2.30. The SMILES string of the molecule is C=Nc1c(N2CC(C)CC(C(=O)NC)C2)ccc(C#N)c1/N=C\C. The maximum absolute atomic E-state index is 12.1. The number of rotatable bonds is 4. The van der Waals surface area contributed by atoms with Crippen molar-refractivity contribution in [3.05, 3.63) is 17.7 Å². The van der Waals surface area contributed by atoms with Gasteiger partial charge < -0.3 is 10.2 Å². The Morgan fingerprint density at radius 3 is 2.79 bits per heavy atom. The van der Waals surface area contributed by atoms with E-state index in [0.29, 0.717) is 29.4 Å². The second kappa shape index (κ2) is 7.73. The van der Waals surface area contributed by atoms with E-state index in [1.54, 1.807) is 26.3 Å². The molecule has 2 atom stereocenters. The molecule has 6 nitrogen and oxygen atoms in total. The van der Waals surface area contributed by atoms with Crippen LogP contribution in [0.2, 0.25) is 0 Å². The molecule has 126 valence electrons. The lowest BCUT2D eigenvalue weighted by atomic mass is 9.89. The standard InChI is InChI=1S/C18H23N5O/c1-5-22-16-13(9-19)6-7-15(17(16)20-3)23-10-12(2)8-14(11-23)18(24)21-4/h5-7,12,14H,3,8,10-11H2,1-2,4H3,(H,21,24)/b22-5-. The highest BCUT2D eigenvalue weighted by atomic mass is 16.1. The highest BCUT2D eigenvalue weighted by molar-refractivity contribution is 5.87. The van der Waals surface area contributed by atoms with Gasteiger partial charge in [-0.05, 0) is 38.1 Å². The predicted molar refractivity (Wildman–Crippen MR) is 97.7 cm³/mol. The van der Waals surface area contributed by atoms with E-state index < -0.39 is 0 Å². The van der Waals surface area contributed by atoms with Crippen molar-refractivity contribution in [1.29, 1.82) is 5.26 Å². The molecule has 1 aromatic carbocycles. The van der Waals surface area contributed by atoms with Gasteiger partial charge in [-0.3, -0.25) is 14.8 Å². The Bertz CT molecular complexity index is 704. The van der Waals surface area contributed by atoms with E-state index in [9.17, 15) is 10.1 Å². The molecular weight excluding hydrogens is 302 g/mol. The summed E-state index contributed by atoms with van der Waals surface area (Å²) in [4.78, 5) is 22.7. The van der Waals surface area contributed by atoms with Crippen molar-refractivity contribution in [3.63, 3.8) is 0 Å². The van der Waals surface area contributed by atoms with E-state index in [1.807, 2.05) is 6.07 Å². The van der Waals surface area contributed by atoms with Crippen LogP contribution >= 0.6 is 0 Å². The van der Waals surface area contributed by atoms with E-state index in [-0.39, 0.29) is 11.8 Å². The number of piperidine rings is 1. The summed E-state index contributed by atoms with van der Waals surface area (Å²) in [6.07, 6.45) is 2.50. The first kappa shape index (κ1) is 17.7. The number of nitrogens with one attached hydrogen (secondary N) is 1. The molecule has 0 aromatic heterocycles. The van der Waals surface area contributed by atoms with Gasteiger partial charge in [0, 0.05) is 26.4 Å². The summed E-state index contributed by atoms with van der Waals surface area (Å²) in [5, 5.41) is 12.0. The molecule has 1 saturated heterocycles.